The monoisotopic (exact) mass is 414 g/mol. The first-order valence-corrected chi connectivity index (χ1v) is 10.2. The van der Waals surface area contributed by atoms with E-state index in [1.165, 1.54) is 0 Å². The van der Waals surface area contributed by atoms with Crippen molar-refractivity contribution in [3.05, 3.63) is 34.9 Å². The summed E-state index contributed by atoms with van der Waals surface area (Å²) in [6.07, 6.45) is 0.253. The fraction of sp³-hybridized carbons (Fsp3) is 0.524. The minimum absolute atomic E-state index is 0.0732. The Kier molecular flexibility index (Phi) is 5.44. The molecule has 2 unspecified atom stereocenters. The maximum atomic E-state index is 12.9. The lowest BCUT2D eigenvalue weighted by atomic mass is 10.0. The van der Waals surface area contributed by atoms with Gasteiger partial charge >= 0.3 is 0 Å². The summed E-state index contributed by atoms with van der Waals surface area (Å²) in [5, 5.41) is 9.08. The number of rotatable bonds is 4. The lowest BCUT2D eigenvalue weighted by Gasteiger charge is -2.27. The first-order chi connectivity index (χ1) is 14.2. The predicted octanol–water partition coefficient (Wildman–Crippen LogP) is -0.0556. The van der Waals surface area contributed by atoms with Gasteiger partial charge in [-0.15, -0.1) is 0 Å². The van der Waals surface area contributed by atoms with Gasteiger partial charge in [-0.3, -0.25) is 29.4 Å². The molecule has 160 valence electrons. The molecule has 3 aliphatic rings. The van der Waals surface area contributed by atoms with Crippen LogP contribution in [0.5, 0.6) is 0 Å². The van der Waals surface area contributed by atoms with Crippen LogP contribution in [-0.2, 0) is 20.9 Å². The topological polar surface area (TPSA) is 117 Å². The number of benzene rings is 1. The molecule has 4 rings (SSSR count). The van der Waals surface area contributed by atoms with Gasteiger partial charge in [0.05, 0.1) is 24.3 Å². The number of carbonyl (C=O) groups is 4. The number of imide groups is 2. The number of hydrogen-bond acceptors (Lipinski definition) is 7. The number of nitrogens with zero attached hydrogens (tertiary/aromatic N) is 1. The number of ether oxygens (including phenoxy) is 1. The molecule has 9 nitrogen and oxygen atoms in total. The number of hydrogen-bond donors (Lipinski definition) is 3. The van der Waals surface area contributed by atoms with Crippen molar-refractivity contribution >= 4 is 23.6 Å². The molecule has 9 heteroatoms. The van der Waals surface area contributed by atoms with E-state index >= 15 is 0 Å². The van der Waals surface area contributed by atoms with Gasteiger partial charge in [-0.2, -0.15) is 0 Å². The van der Waals surface area contributed by atoms with Gasteiger partial charge < -0.3 is 15.4 Å². The molecule has 0 aliphatic carbocycles. The molecule has 0 radical (unpaired) electrons. The first kappa shape index (κ1) is 20.6. The van der Waals surface area contributed by atoms with Crippen LogP contribution in [0.4, 0.5) is 0 Å². The van der Waals surface area contributed by atoms with Gasteiger partial charge in [0.2, 0.25) is 11.8 Å². The fourth-order valence-corrected chi connectivity index (χ4v) is 3.99. The largest absolute Gasteiger partial charge is 0.378 e. The maximum Gasteiger partial charge on any atom is 0.262 e. The SMILES string of the molecule is CC1(C)COCC(NCc2ccc3c(c2)C(=O)N(C2CCC(=O)NC2=O)C3=O)CN1. The van der Waals surface area contributed by atoms with E-state index in [0.29, 0.717) is 25.3 Å². The molecule has 30 heavy (non-hydrogen) atoms. The van der Waals surface area contributed by atoms with Crippen LogP contribution in [0.1, 0.15) is 53.0 Å². The van der Waals surface area contributed by atoms with Crippen LogP contribution in [0, 0.1) is 0 Å². The quantitative estimate of drug-likeness (QED) is 0.591. The third-order valence-corrected chi connectivity index (χ3v) is 5.71. The highest BCUT2D eigenvalue weighted by Crippen LogP contribution is 2.28. The average Bonchev–Trinajstić information content (AvgIpc) is 2.82. The number of carbonyl (C=O) groups excluding carboxylic acids is 4. The molecule has 3 heterocycles. The molecule has 2 saturated heterocycles. The summed E-state index contributed by atoms with van der Waals surface area (Å²) < 4.78 is 5.72. The Bertz CT molecular complexity index is 913. The van der Waals surface area contributed by atoms with E-state index in [1.807, 2.05) is 0 Å². The smallest absolute Gasteiger partial charge is 0.262 e. The highest BCUT2D eigenvalue weighted by Gasteiger charge is 2.44. The summed E-state index contributed by atoms with van der Waals surface area (Å²) in [5.41, 5.74) is 1.37. The Morgan fingerprint density at radius 2 is 1.93 bits per heavy atom. The van der Waals surface area contributed by atoms with Crippen LogP contribution in [0.2, 0.25) is 0 Å². The summed E-state index contributed by atoms with van der Waals surface area (Å²) in [4.78, 5) is 50.2. The van der Waals surface area contributed by atoms with Gasteiger partial charge in [0.25, 0.3) is 11.8 Å². The van der Waals surface area contributed by atoms with Crippen molar-refractivity contribution in [1.82, 2.24) is 20.9 Å². The molecule has 0 aromatic heterocycles. The Balaban J connectivity index is 1.44. The van der Waals surface area contributed by atoms with Crippen molar-refractivity contribution in [2.45, 2.75) is 50.9 Å². The summed E-state index contributed by atoms with van der Waals surface area (Å²) in [7, 11) is 0. The summed E-state index contributed by atoms with van der Waals surface area (Å²) >= 11 is 0. The summed E-state index contributed by atoms with van der Waals surface area (Å²) in [6, 6.07) is 4.30. The van der Waals surface area contributed by atoms with Crippen molar-refractivity contribution < 1.29 is 23.9 Å². The summed E-state index contributed by atoms with van der Waals surface area (Å²) in [6.45, 7) is 6.68. The van der Waals surface area contributed by atoms with E-state index < -0.39 is 23.8 Å². The normalized spacial score (nSPS) is 26.4. The van der Waals surface area contributed by atoms with Gasteiger partial charge in [-0.1, -0.05) is 6.07 Å². The van der Waals surface area contributed by atoms with Gasteiger partial charge in [0.1, 0.15) is 6.04 Å². The van der Waals surface area contributed by atoms with Gasteiger partial charge in [0.15, 0.2) is 0 Å². The second-order valence-corrected chi connectivity index (χ2v) is 8.68. The highest BCUT2D eigenvalue weighted by molar-refractivity contribution is 6.23. The minimum atomic E-state index is -0.950. The molecule has 0 bridgehead atoms. The molecule has 4 amide bonds. The van der Waals surface area contributed by atoms with Crippen LogP contribution in [0.25, 0.3) is 0 Å². The second kappa shape index (κ2) is 7.90. The van der Waals surface area contributed by atoms with Crippen LogP contribution >= 0.6 is 0 Å². The zero-order chi connectivity index (χ0) is 21.5. The number of nitrogens with one attached hydrogen (secondary N) is 3. The number of fused-ring (bicyclic) bond motifs is 1. The summed E-state index contributed by atoms with van der Waals surface area (Å²) in [5.74, 6) is -1.98. The van der Waals surface area contributed by atoms with E-state index in [0.717, 1.165) is 17.0 Å². The molecular formula is C21H26N4O5. The van der Waals surface area contributed by atoms with Crippen molar-refractivity contribution in [2.75, 3.05) is 19.8 Å². The Labute approximate surface area is 174 Å². The number of amides is 4. The molecule has 0 spiro atoms. The zero-order valence-electron chi connectivity index (χ0n) is 17.1. The van der Waals surface area contributed by atoms with Gasteiger partial charge in [-0.25, -0.2) is 0 Å². The second-order valence-electron chi connectivity index (χ2n) is 8.68. The molecule has 1 aromatic rings. The van der Waals surface area contributed by atoms with Crippen molar-refractivity contribution in [3.8, 4) is 0 Å². The van der Waals surface area contributed by atoms with Crippen LogP contribution in [-0.4, -0.2) is 65.9 Å². The Hall–Kier alpha value is -2.62. The van der Waals surface area contributed by atoms with Crippen molar-refractivity contribution in [3.63, 3.8) is 0 Å². The zero-order valence-corrected chi connectivity index (χ0v) is 17.1. The van der Waals surface area contributed by atoms with E-state index in [1.54, 1.807) is 18.2 Å². The van der Waals surface area contributed by atoms with Crippen LogP contribution in [0.15, 0.2) is 18.2 Å². The highest BCUT2D eigenvalue weighted by atomic mass is 16.5. The standard InChI is InChI=1S/C21H26N4O5/c1-21(2)11-30-10-13(9-23-21)22-8-12-3-4-14-15(7-12)20(29)25(19(14)28)16-5-6-17(26)24-18(16)27/h3-4,7,13,16,22-23H,5-6,8-11H2,1-2H3,(H,24,26,27). The molecular weight excluding hydrogens is 388 g/mol. The average molecular weight is 414 g/mol. The molecule has 3 aliphatic heterocycles. The lowest BCUT2D eigenvalue weighted by Crippen LogP contribution is -2.54. The van der Waals surface area contributed by atoms with Gasteiger partial charge in [-0.05, 0) is 38.0 Å². The third-order valence-electron chi connectivity index (χ3n) is 5.71. The van der Waals surface area contributed by atoms with E-state index in [9.17, 15) is 19.2 Å². The number of piperidine rings is 1. The van der Waals surface area contributed by atoms with E-state index in [-0.39, 0.29) is 35.9 Å². The van der Waals surface area contributed by atoms with Crippen molar-refractivity contribution in [1.29, 1.82) is 0 Å². The van der Waals surface area contributed by atoms with E-state index in [2.05, 4.69) is 29.8 Å². The molecule has 0 saturated carbocycles. The van der Waals surface area contributed by atoms with Crippen LogP contribution in [0.3, 0.4) is 0 Å². The third kappa shape index (κ3) is 4.00. The molecule has 3 N–H and O–H groups in total. The van der Waals surface area contributed by atoms with E-state index in [4.69, 9.17) is 4.74 Å². The Morgan fingerprint density at radius 1 is 1.17 bits per heavy atom. The maximum absolute atomic E-state index is 12.9. The molecule has 2 atom stereocenters. The van der Waals surface area contributed by atoms with Crippen molar-refractivity contribution in [2.24, 2.45) is 0 Å². The van der Waals surface area contributed by atoms with Crippen LogP contribution < -0.4 is 16.0 Å². The minimum Gasteiger partial charge on any atom is -0.378 e. The lowest BCUT2D eigenvalue weighted by molar-refractivity contribution is -0.136. The molecule has 2 fully saturated rings. The first-order valence-electron chi connectivity index (χ1n) is 10.2. The fourth-order valence-electron chi connectivity index (χ4n) is 3.99. The molecule has 1 aromatic carbocycles. The predicted molar refractivity (Wildman–Crippen MR) is 107 cm³/mol. The Morgan fingerprint density at radius 3 is 2.70 bits per heavy atom. The van der Waals surface area contributed by atoms with Gasteiger partial charge in [0, 0.05) is 31.1 Å².